The third kappa shape index (κ3) is 3.26. The van der Waals surface area contributed by atoms with Gasteiger partial charge in [0, 0.05) is 6.07 Å². The first-order chi connectivity index (χ1) is 12.1. The van der Waals surface area contributed by atoms with Crippen molar-refractivity contribution in [3.63, 3.8) is 0 Å². The van der Waals surface area contributed by atoms with E-state index >= 15 is 0 Å². The fourth-order valence-electron chi connectivity index (χ4n) is 3.14. The van der Waals surface area contributed by atoms with Gasteiger partial charge in [0.2, 0.25) is 11.9 Å². The highest BCUT2D eigenvalue weighted by molar-refractivity contribution is 5.89. The molecule has 0 spiro atoms. The van der Waals surface area contributed by atoms with Crippen molar-refractivity contribution in [3.05, 3.63) is 47.9 Å². The number of carbonyl (C=O) groups excluding carboxylic acids is 1. The minimum absolute atomic E-state index is 0.0683. The average Bonchev–Trinajstić information content (AvgIpc) is 3.37. The maximum absolute atomic E-state index is 14.0. The number of ether oxygens (including phenoxy) is 1. The molecule has 1 aliphatic carbocycles. The fourth-order valence-corrected chi connectivity index (χ4v) is 3.14. The maximum Gasteiger partial charge on any atom is 0.415 e. The molecule has 2 heterocycles. The first-order valence-electron chi connectivity index (χ1n) is 8.44. The van der Waals surface area contributed by atoms with Crippen LogP contribution in [0.5, 0.6) is 0 Å². The third-order valence-electron chi connectivity index (χ3n) is 4.65. The van der Waals surface area contributed by atoms with E-state index < -0.39 is 12.0 Å². The van der Waals surface area contributed by atoms with Crippen LogP contribution >= 0.6 is 0 Å². The molecule has 1 saturated carbocycles. The molecule has 2 unspecified atom stereocenters. The van der Waals surface area contributed by atoms with Gasteiger partial charge in [-0.3, -0.25) is 4.90 Å². The second-order valence-corrected chi connectivity index (χ2v) is 6.50. The molecule has 1 amide bonds. The highest BCUT2D eigenvalue weighted by Gasteiger charge is 2.44. The molecule has 1 saturated heterocycles. The summed E-state index contributed by atoms with van der Waals surface area (Å²) in [7, 11) is 0. The Balaban J connectivity index is 1.59. The van der Waals surface area contributed by atoms with E-state index in [4.69, 9.17) is 4.74 Å². The minimum atomic E-state index is -0.679. The van der Waals surface area contributed by atoms with Crippen LogP contribution in [0.15, 0.2) is 36.4 Å². The Bertz CT molecular complexity index is 782. The molecule has 4 rings (SSSR count). The van der Waals surface area contributed by atoms with Gasteiger partial charge in [-0.1, -0.05) is 30.3 Å². The number of amides is 1. The van der Waals surface area contributed by atoms with Gasteiger partial charge >= 0.3 is 6.09 Å². The molecule has 1 aliphatic heterocycles. The Hall–Kier alpha value is -2.70. The lowest BCUT2D eigenvalue weighted by molar-refractivity contribution is 0.178. The third-order valence-corrected chi connectivity index (χ3v) is 4.65. The quantitative estimate of drug-likeness (QED) is 0.842. The molecular formula is C18H19FN4O2. The molecule has 25 heavy (non-hydrogen) atoms. The second-order valence-electron chi connectivity index (χ2n) is 6.50. The first kappa shape index (κ1) is 15.8. The molecule has 2 atom stereocenters. The van der Waals surface area contributed by atoms with Gasteiger partial charge < -0.3 is 10.1 Å². The predicted octanol–water partition coefficient (Wildman–Crippen LogP) is 3.52. The summed E-state index contributed by atoms with van der Waals surface area (Å²) in [5.74, 6) is 0.126. The maximum atomic E-state index is 14.0. The number of benzene rings is 1. The summed E-state index contributed by atoms with van der Waals surface area (Å²) >= 11 is 0. The lowest BCUT2D eigenvalue weighted by atomic mass is 10.1. The van der Waals surface area contributed by atoms with Crippen molar-refractivity contribution in [2.45, 2.75) is 31.8 Å². The Kier molecular flexibility index (Phi) is 3.99. The molecule has 130 valence electrons. The van der Waals surface area contributed by atoms with E-state index in [0.29, 0.717) is 12.5 Å². The van der Waals surface area contributed by atoms with Crippen LogP contribution in [0.3, 0.4) is 0 Å². The summed E-state index contributed by atoms with van der Waals surface area (Å²) in [4.78, 5) is 21.7. The molecule has 1 N–H and O–H groups in total. The number of hydrogen-bond acceptors (Lipinski definition) is 5. The number of aromatic nitrogens is 2. The van der Waals surface area contributed by atoms with Crippen LogP contribution in [0.2, 0.25) is 0 Å². The Morgan fingerprint density at radius 3 is 2.76 bits per heavy atom. The summed E-state index contributed by atoms with van der Waals surface area (Å²) in [6.45, 7) is 2.28. The van der Waals surface area contributed by atoms with Gasteiger partial charge in [0.15, 0.2) is 0 Å². The van der Waals surface area contributed by atoms with Crippen molar-refractivity contribution in [3.8, 4) is 0 Å². The number of rotatable bonds is 5. The van der Waals surface area contributed by atoms with Gasteiger partial charge in [-0.15, -0.1) is 0 Å². The van der Waals surface area contributed by atoms with E-state index in [1.165, 1.54) is 11.0 Å². The zero-order valence-corrected chi connectivity index (χ0v) is 13.9. The van der Waals surface area contributed by atoms with Gasteiger partial charge in [-0.25, -0.2) is 4.79 Å². The van der Waals surface area contributed by atoms with Crippen LogP contribution in [0, 0.1) is 11.9 Å². The largest absolute Gasteiger partial charge is 0.447 e. The molecular weight excluding hydrogens is 323 g/mol. The number of hydrogen-bond donors (Lipinski definition) is 1. The lowest BCUT2D eigenvalue weighted by Gasteiger charge is -2.21. The van der Waals surface area contributed by atoms with Crippen molar-refractivity contribution < 1.29 is 13.9 Å². The van der Waals surface area contributed by atoms with Crippen molar-refractivity contribution in [1.82, 2.24) is 9.97 Å². The Morgan fingerprint density at radius 1 is 1.28 bits per heavy atom. The average molecular weight is 342 g/mol. The second kappa shape index (κ2) is 6.31. The summed E-state index contributed by atoms with van der Waals surface area (Å²) < 4.78 is 19.2. The topological polar surface area (TPSA) is 67.4 Å². The van der Waals surface area contributed by atoms with Crippen LogP contribution in [0.1, 0.15) is 31.4 Å². The molecule has 0 radical (unpaired) electrons. The van der Waals surface area contributed by atoms with Crippen molar-refractivity contribution in [2.75, 3.05) is 16.8 Å². The zero-order chi connectivity index (χ0) is 17.4. The highest BCUT2D eigenvalue weighted by Crippen LogP contribution is 2.39. The minimum Gasteiger partial charge on any atom is -0.447 e. The number of carbonyl (C=O) groups is 1. The standard InChI is InChI=1S/C18H19FN4O2/c1-11(12-5-3-2-4-6-12)20-17-21-15(19)9-16(22-17)23-14(13-7-8-13)10-25-18(23)24/h2-6,9,11,13-14H,7-8,10H2,1H3,(H,20,21,22). The van der Waals surface area contributed by atoms with Crippen molar-refractivity contribution in [2.24, 2.45) is 5.92 Å². The van der Waals surface area contributed by atoms with E-state index in [9.17, 15) is 9.18 Å². The summed E-state index contributed by atoms with van der Waals surface area (Å²) in [6, 6.07) is 10.8. The van der Waals surface area contributed by atoms with Crippen LogP contribution in [0.25, 0.3) is 0 Å². The molecule has 0 bridgehead atoms. The van der Waals surface area contributed by atoms with E-state index in [2.05, 4.69) is 15.3 Å². The van der Waals surface area contributed by atoms with Crippen LogP contribution < -0.4 is 10.2 Å². The predicted molar refractivity (Wildman–Crippen MR) is 90.8 cm³/mol. The number of nitrogens with zero attached hydrogens (tertiary/aromatic N) is 3. The first-order valence-corrected chi connectivity index (χ1v) is 8.44. The van der Waals surface area contributed by atoms with Gasteiger partial charge in [0.25, 0.3) is 0 Å². The normalized spacial score (nSPS) is 21.1. The van der Waals surface area contributed by atoms with Gasteiger partial charge in [0.1, 0.15) is 12.4 Å². The monoisotopic (exact) mass is 342 g/mol. The zero-order valence-electron chi connectivity index (χ0n) is 13.9. The van der Waals surface area contributed by atoms with Crippen molar-refractivity contribution in [1.29, 1.82) is 0 Å². The van der Waals surface area contributed by atoms with E-state index in [1.807, 2.05) is 37.3 Å². The molecule has 1 aromatic heterocycles. The lowest BCUT2D eigenvalue weighted by Crippen LogP contribution is -2.36. The van der Waals surface area contributed by atoms with Crippen molar-refractivity contribution >= 4 is 17.9 Å². The summed E-state index contributed by atoms with van der Waals surface area (Å²) in [6.07, 6.45) is 1.64. The number of anilines is 2. The molecule has 2 aliphatic rings. The van der Waals surface area contributed by atoms with E-state index in [0.717, 1.165) is 18.4 Å². The fraction of sp³-hybridized carbons (Fsp3) is 0.389. The number of cyclic esters (lactones) is 1. The Morgan fingerprint density at radius 2 is 2.04 bits per heavy atom. The Labute approximate surface area is 145 Å². The van der Waals surface area contributed by atoms with Crippen LogP contribution in [0.4, 0.5) is 21.0 Å². The number of halogens is 1. The molecule has 1 aromatic carbocycles. The summed E-state index contributed by atoms with van der Waals surface area (Å²) in [5, 5.41) is 3.10. The van der Waals surface area contributed by atoms with Crippen LogP contribution in [-0.2, 0) is 4.74 Å². The number of nitrogens with one attached hydrogen (secondary N) is 1. The molecule has 2 aromatic rings. The molecule has 7 heteroatoms. The summed E-state index contributed by atoms with van der Waals surface area (Å²) in [5.41, 5.74) is 1.04. The van der Waals surface area contributed by atoms with E-state index in [-0.39, 0.29) is 23.8 Å². The smallest absolute Gasteiger partial charge is 0.415 e. The van der Waals surface area contributed by atoms with E-state index in [1.54, 1.807) is 0 Å². The van der Waals surface area contributed by atoms with Crippen LogP contribution in [-0.4, -0.2) is 28.7 Å². The molecule has 2 fully saturated rings. The highest BCUT2D eigenvalue weighted by atomic mass is 19.1. The van der Waals surface area contributed by atoms with Gasteiger partial charge in [-0.2, -0.15) is 14.4 Å². The SMILES string of the molecule is CC(Nc1nc(F)cc(N2C(=O)OCC2C2CC2)n1)c1ccccc1. The van der Waals surface area contributed by atoms with Gasteiger partial charge in [0.05, 0.1) is 12.1 Å². The van der Waals surface area contributed by atoms with Gasteiger partial charge in [-0.05, 0) is 31.2 Å². The molecule has 6 nitrogen and oxygen atoms in total.